The van der Waals surface area contributed by atoms with Gasteiger partial charge in [0.2, 0.25) is 0 Å². The minimum absolute atomic E-state index is 0.00204. The molecule has 2 unspecified atom stereocenters. The van der Waals surface area contributed by atoms with Crippen LogP contribution in [0.15, 0.2) is 18.2 Å². The second-order valence-corrected chi connectivity index (χ2v) is 5.48. The molecule has 0 radical (unpaired) electrons. The highest BCUT2D eigenvalue weighted by atomic mass is 19.1. The fourth-order valence-electron chi connectivity index (χ4n) is 2.66. The van der Waals surface area contributed by atoms with Gasteiger partial charge in [-0.2, -0.15) is 0 Å². The molecule has 3 nitrogen and oxygen atoms in total. The van der Waals surface area contributed by atoms with E-state index in [9.17, 15) is 9.18 Å². The second-order valence-electron chi connectivity index (χ2n) is 5.48. The van der Waals surface area contributed by atoms with E-state index in [2.05, 4.69) is 18.2 Å². The monoisotopic (exact) mass is 289 g/mol. The van der Waals surface area contributed by atoms with Crippen LogP contribution in [0.1, 0.15) is 43.0 Å². The summed E-state index contributed by atoms with van der Waals surface area (Å²) in [6, 6.07) is 4.35. The Hall–Kier alpha value is -2.02. The molecule has 1 aromatic carbocycles. The van der Waals surface area contributed by atoms with Gasteiger partial charge in [0.25, 0.3) is 5.91 Å². The van der Waals surface area contributed by atoms with Gasteiger partial charge >= 0.3 is 0 Å². The van der Waals surface area contributed by atoms with Crippen LogP contribution in [0.4, 0.5) is 4.39 Å². The minimum atomic E-state index is -0.574. The summed E-state index contributed by atoms with van der Waals surface area (Å²) in [4.78, 5) is 12.2. The molecule has 1 N–H and O–H groups in total. The lowest BCUT2D eigenvalue weighted by Gasteiger charge is -2.29. The Morgan fingerprint density at radius 2 is 2.24 bits per heavy atom. The van der Waals surface area contributed by atoms with Crippen molar-refractivity contribution in [3.8, 4) is 18.1 Å². The van der Waals surface area contributed by atoms with Crippen LogP contribution in [0.3, 0.4) is 0 Å². The van der Waals surface area contributed by atoms with Crippen molar-refractivity contribution in [2.75, 3.05) is 6.61 Å². The van der Waals surface area contributed by atoms with E-state index in [1.807, 2.05) is 0 Å². The summed E-state index contributed by atoms with van der Waals surface area (Å²) < 4.78 is 18.9. The lowest BCUT2D eigenvalue weighted by Crippen LogP contribution is -2.41. The predicted octanol–water partition coefficient (Wildman–Crippen LogP) is 3.15. The Morgan fingerprint density at radius 3 is 2.90 bits per heavy atom. The molecule has 1 aromatic rings. The Morgan fingerprint density at radius 1 is 1.48 bits per heavy atom. The molecule has 0 heterocycles. The first-order valence-electron chi connectivity index (χ1n) is 7.28. The van der Waals surface area contributed by atoms with Crippen LogP contribution in [-0.2, 0) is 0 Å². The van der Waals surface area contributed by atoms with Crippen LogP contribution >= 0.6 is 0 Å². The molecule has 1 aliphatic carbocycles. The molecule has 21 heavy (non-hydrogen) atoms. The highest BCUT2D eigenvalue weighted by Gasteiger charge is 2.23. The van der Waals surface area contributed by atoms with Crippen LogP contribution in [0.2, 0.25) is 0 Å². The smallest absolute Gasteiger partial charge is 0.251 e. The van der Waals surface area contributed by atoms with Crippen LogP contribution < -0.4 is 10.1 Å². The van der Waals surface area contributed by atoms with E-state index < -0.39 is 5.82 Å². The van der Waals surface area contributed by atoms with E-state index in [0.29, 0.717) is 11.5 Å². The third-order valence-electron chi connectivity index (χ3n) is 3.93. The number of rotatable bonds is 4. The molecule has 1 fully saturated rings. The molecular formula is C17H20FNO2. The van der Waals surface area contributed by atoms with Crippen LogP contribution in [0.25, 0.3) is 0 Å². The predicted molar refractivity (Wildman–Crippen MR) is 79.6 cm³/mol. The first-order valence-corrected chi connectivity index (χ1v) is 7.28. The summed E-state index contributed by atoms with van der Waals surface area (Å²) in [7, 11) is 0. The van der Waals surface area contributed by atoms with E-state index in [4.69, 9.17) is 11.2 Å². The molecule has 1 saturated carbocycles. The van der Waals surface area contributed by atoms with Crippen molar-refractivity contribution in [2.24, 2.45) is 5.92 Å². The number of hydrogen-bond donors (Lipinski definition) is 1. The molecule has 1 amide bonds. The van der Waals surface area contributed by atoms with Gasteiger partial charge < -0.3 is 10.1 Å². The fourth-order valence-corrected chi connectivity index (χ4v) is 2.66. The van der Waals surface area contributed by atoms with E-state index in [1.54, 1.807) is 6.07 Å². The van der Waals surface area contributed by atoms with E-state index in [0.717, 1.165) is 19.3 Å². The van der Waals surface area contributed by atoms with Gasteiger partial charge in [-0.1, -0.05) is 25.7 Å². The maximum Gasteiger partial charge on any atom is 0.251 e. The Balaban J connectivity index is 2.02. The Bertz CT molecular complexity index is 550. The number of hydrogen-bond acceptors (Lipinski definition) is 2. The van der Waals surface area contributed by atoms with Crippen molar-refractivity contribution < 1.29 is 13.9 Å². The molecule has 2 rings (SSSR count). The van der Waals surface area contributed by atoms with Crippen LogP contribution in [-0.4, -0.2) is 18.6 Å². The van der Waals surface area contributed by atoms with Crippen molar-refractivity contribution in [2.45, 2.75) is 38.6 Å². The highest BCUT2D eigenvalue weighted by Crippen LogP contribution is 2.24. The molecule has 2 atom stereocenters. The first kappa shape index (κ1) is 15.4. The molecule has 0 aliphatic heterocycles. The number of carbonyl (C=O) groups excluding carboxylic acids is 1. The normalized spacial score (nSPS) is 21.4. The SMILES string of the molecule is C#CCOc1ccc(C(=O)NC2CCCCC2C)cc1F. The first-order chi connectivity index (χ1) is 10.1. The maximum atomic E-state index is 13.8. The molecule has 0 spiro atoms. The van der Waals surface area contributed by atoms with Gasteiger partial charge in [-0.05, 0) is 37.0 Å². The molecule has 0 bridgehead atoms. The lowest BCUT2D eigenvalue weighted by molar-refractivity contribution is 0.0909. The average Bonchev–Trinajstić information content (AvgIpc) is 2.48. The van der Waals surface area contributed by atoms with Crippen molar-refractivity contribution in [3.63, 3.8) is 0 Å². The quantitative estimate of drug-likeness (QED) is 0.865. The zero-order chi connectivity index (χ0) is 15.2. The number of benzene rings is 1. The van der Waals surface area contributed by atoms with Crippen LogP contribution in [0, 0.1) is 24.1 Å². The summed E-state index contributed by atoms with van der Waals surface area (Å²) in [5.41, 5.74) is 0.304. The fraction of sp³-hybridized carbons (Fsp3) is 0.471. The van der Waals surface area contributed by atoms with E-state index in [-0.39, 0.29) is 24.3 Å². The maximum absolute atomic E-state index is 13.8. The number of carbonyl (C=O) groups is 1. The molecule has 112 valence electrons. The molecule has 4 heteroatoms. The summed E-state index contributed by atoms with van der Waals surface area (Å²) in [5, 5.41) is 3.00. The zero-order valence-electron chi connectivity index (χ0n) is 12.2. The van der Waals surface area contributed by atoms with Crippen molar-refractivity contribution in [1.29, 1.82) is 0 Å². The number of halogens is 1. The number of terminal acetylenes is 1. The topological polar surface area (TPSA) is 38.3 Å². The van der Waals surface area contributed by atoms with Gasteiger partial charge in [0, 0.05) is 11.6 Å². The largest absolute Gasteiger partial charge is 0.478 e. The van der Waals surface area contributed by atoms with Gasteiger partial charge in [-0.25, -0.2) is 4.39 Å². The molecule has 0 saturated heterocycles. The van der Waals surface area contributed by atoms with Gasteiger partial charge in [0.1, 0.15) is 6.61 Å². The van der Waals surface area contributed by atoms with Gasteiger partial charge in [0.05, 0.1) is 0 Å². The number of nitrogens with one attached hydrogen (secondary N) is 1. The average molecular weight is 289 g/mol. The standard InChI is InChI=1S/C17H20FNO2/c1-3-10-21-16-9-8-13(11-14(16)18)17(20)19-15-7-5-4-6-12(15)2/h1,8-9,11-12,15H,4-7,10H2,2H3,(H,19,20). The third-order valence-corrected chi connectivity index (χ3v) is 3.93. The zero-order valence-corrected chi connectivity index (χ0v) is 12.2. The Kier molecular flexibility index (Phi) is 5.21. The van der Waals surface area contributed by atoms with Gasteiger partial charge in [-0.3, -0.25) is 4.79 Å². The molecular weight excluding hydrogens is 269 g/mol. The van der Waals surface area contributed by atoms with Crippen molar-refractivity contribution >= 4 is 5.91 Å². The van der Waals surface area contributed by atoms with Gasteiger partial charge in [-0.15, -0.1) is 6.42 Å². The summed E-state index contributed by atoms with van der Waals surface area (Å²) in [6.45, 7) is 2.14. The Labute approximate surface area is 124 Å². The third kappa shape index (κ3) is 3.98. The van der Waals surface area contributed by atoms with Crippen molar-refractivity contribution in [3.05, 3.63) is 29.6 Å². The number of amides is 1. The number of ether oxygens (including phenoxy) is 1. The van der Waals surface area contributed by atoms with E-state index in [1.165, 1.54) is 18.6 Å². The minimum Gasteiger partial charge on any atom is -0.478 e. The summed E-state index contributed by atoms with van der Waals surface area (Å²) in [6.07, 6.45) is 9.51. The summed E-state index contributed by atoms with van der Waals surface area (Å²) in [5.74, 6) is 1.99. The highest BCUT2D eigenvalue weighted by molar-refractivity contribution is 5.94. The lowest BCUT2D eigenvalue weighted by atomic mass is 9.86. The second kappa shape index (κ2) is 7.12. The molecule has 1 aliphatic rings. The summed E-state index contributed by atoms with van der Waals surface area (Å²) >= 11 is 0. The van der Waals surface area contributed by atoms with Gasteiger partial charge in [0.15, 0.2) is 11.6 Å². The van der Waals surface area contributed by atoms with Crippen molar-refractivity contribution in [1.82, 2.24) is 5.32 Å². The molecule has 0 aromatic heterocycles. The van der Waals surface area contributed by atoms with E-state index >= 15 is 0 Å². The van der Waals surface area contributed by atoms with Crippen LogP contribution in [0.5, 0.6) is 5.75 Å².